The molecule has 1 unspecified atom stereocenters. The number of carbonyl (C=O) groups excluding carboxylic acids is 2. The van der Waals surface area contributed by atoms with Crippen LogP contribution < -0.4 is 4.90 Å². The molecule has 2 amide bonds. The van der Waals surface area contributed by atoms with E-state index in [1.54, 1.807) is 6.20 Å². The summed E-state index contributed by atoms with van der Waals surface area (Å²) in [5, 5.41) is 2.38. The third-order valence-electron chi connectivity index (χ3n) is 5.76. The predicted molar refractivity (Wildman–Crippen MR) is 119 cm³/mol. The lowest BCUT2D eigenvalue weighted by molar-refractivity contribution is -0.126. The van der Waals surface area contributed by atoms with Gasteiger partial charge in [-0.2, -0.15) is 0 Å². The number of halogens is 1. The molecule has 0 bridgehead atoms. The highest BCUT2D eigenvalue weighted by atomic mass is 127. The van der Waals surface area contributed by atoms with Crippen molar-refractivity contribution < 1.29 is 9.59 Å². The van der Waals surface area contributed by atoms with Crippen molar-refractivity contribution in [1.82, 2.24) is 14.8 Å². The number of thiazole rings is 1. The van der Waals surface area contributed by atoms with Gasteiger partial charge in [-0.1, -0.05) is 6.07 Å². The van der Waals surface area contributed by atoms with Gasteiger partial charge in [0.05, 0.1) is 5.41 Å². The summed E-state index contributed by atoms with van der Waals surface area (Å²) in [4.78, 5) is 36.0. The van der Waals surface area contributed by atoms with Gasteiger partial charge >= 0.3 is 0 Å². The standard InChI is InChI=1S/C20H23IN4O2S/c1-20(2)16(13-25(19(20)27)15-5-3-4-14(21)12-15)23-7-9-24(10-8-23)18(26)17-22-6-11-28-17/h3-6,11-12,16H,7-10,13H2,1-2H3. The number of amides is 2. The van der Waals surface area contributed by atoms with Crippen LogP contribution in [0.15, 0.2) is 35.8 Å². The lowest BCUT2D eigenvalue weighted by atomic mass is 9.85. The van der Waals surface area contributed by atoms with Crippen LogP contribution in [0.4, 0.5) is 5.69 Å². The summed E-state index contributed by atoms with van der Waals surface area (Å²) >= 11 is 3.66. The van der Waals surface area contributed by atoms with Crippen molar-refractivity contribution in [3.63, 3.8) is 0 Å². The van der Waals surface area contributed by atoms with Crippen molar-refractivity contribution in [2.45, 2.75) is 19.9 Å². The molecule has 2 aliphatic heterocycles. The summed E-state index contributed by atoms with van der Waals surface area (Å²) in [5.74, 6) is 0.178. The summed E-state index contributed by atoms with van der Waals surface area (Å²) < 4.78 is 1.12. The van der Waals surface area contributed by atoms with E-state index in [0.717, 1.165) is 22.3 Å². The molecule has 0 aliphatic carbocycles. The number of hydrogen-bond acceptors (Lipinski definition) is 5. The molecule has 1 aromatic heterocycles. The molecule has 2 aliphatic rings. The van der Waals surface area contributed by atoms with E-state index in [1.807, 2.05) is 47.2 Å². The van der Waals surface area contributed by atoms with E-state index in [4.69, 9.17) is 0 Å². The normalized spacial score (nSPS) is 22.7. The first-order chi connectivity index (χ1) is 13.4. The number of carbonyl (C=O) groups is 2. The SMILES string of the molecule is CC1(C)C(=O)N(c2cccc(I)c2)CC1N1CCN(C(=O)c2nccs2)CC1. The number of hydrogen-bond donors (Lipinski definition) is 0. The van der Waals surface area contributed by atoms with Crippen molar-refractivity contribution in [2.24, 2.45) is 5.41 Å². The highest BCUT2D eigenvalue weighted by Gasteiger charge is 2.50. The summed E-state index contributed by atoms with van der Waals surface area (Å²) in [7, 11) is 0. The van der Waals surface area contributed by atoms with Crippen LogP contribution in [-0.2, 0) is 4.79 Å². The minimum absolute atomic E-state index is 0.0110. The van der Waals surface area contributed by atoms with Crippen LogP contribution in [0.2, 0.25) is 0 Å². The van der Waals surface area contributed by atoms with E-state index in [1.165, 1.54) is 11.3 Å². The zero-order chi connectivity index (χ0) is 19.9. The minimum Gasteiger partial charge on any atom is -0.334 e. The van der Waals surface area contributed by atoms with Crippen LogP contribution >= 0.6 is 33.9 Å². The van der Waals surface area contributed by atoms with Gasteiger partial charge in [-0.3, -0.25) is 14.5 Å². The Morgan fingerprint density at radius 3 is 2.64 bits per heavy atom. The highest BCUT2D eigenvalue weighted by Crippen LogP contribution is 2.38. The van der Waals surface area contributed by atoms with E-state index in [2.05, 4.69) is 38.5 Å². The maximum atomic E-state index is 13.1. The van der Waals surface area contributed by atoms with Crippen LogP contribution in [-0.4, -0.2) is 65.4 Å². The second-order valence-corrected chi connectivity index (χ2v) is 9.94. The molecule has 0 spiro atoms. The maximum absolute atomic E-state index is 13.1. The summed E-state index contributed by atoms with van der Waals surface area (Å²) in [6, 6.07) is 8.22. The number of nitrogens with zero attached hydrogens (tertiary/aromatic N) is 4. The molecule has 6 nitrogen and oxygen atoms in total. The van der Waals surface area contributed by atoms with E-state index < -0.39 is 5.41 Å². The van der Waals surface area contributed by atoms with Crippen molar-refractivity contribution in [3.05, 3.63) is 44.4 Å². The first kappa shape index (κ1) is 19.8. The molecule has 1 atom stereocenters. The second kappa shape index (κ2) is 7.72. The van der Waals surface area contributed by atoms with Crippen molar-refractivity contribution in [1.29, 1.82) is 0 Å². The fourth-order valence-electron chi connectivity index (χ4n) is 4.11. The second-order valence-electron chi connectivity index (χ2n) is 7.80. The van der Waals surface area contributed by atoms with Crippen LogP contribution in [0.5, 0.6) is 0 Å². The van der Waals surface area contributed by atoms with Gasteiger partial charge < -0.3 is 9.80 Å². The largest absolute Gasteiger partial charge is 0.334 e. The minimum atomic E-state index is -0.456. The lowest BCUT2D eigenvalue weighted by Gasteiger charge is -2.41. The predicted octanol–water partition coefficient (Wildman–Crippen LogP) is 2.95. The van der Waals surface area contributed by atoms with Gasteiger partial charge in [0.1, 0.15) is 0 Å². The van der Waals surface area contributed by atoms with E-state index >= 15 is 0 Å². The zero-order valence-electron chi connectivity index (χ0n) is 16.0. The first-order valence-corrected chi connectivity index (χ1v) is 11.3. The fraction of sp³-hybridized carbons (Fsp3) is 0.450. The molecule has 3 heterocycles. The maximum Gasteiger partial charge on any atom is 0.282 e. The zero-order valence-corrected chi connectivity index (χ0v) is 18.9. The molecule has 4 rings (SSSR count). The van der Waals surface area contributed by atoms with Gasteiger partial charge in [0.25, 0.3) is 5.91 Å². The average Bonchev–Trinajstić information content (AvgIpc) is 3.29. The number of aromatic nitrogens is 1. The Bertz CT molecular complexity index is 878. The molecule has 148 valence electrons. The molecule has 2 saturated heterocycles. The topological polar surface area (TPSA) is 56.8 Å². The van der Waals surface area contributed by atoms with Gasteiger partial charge in [-0.05, 0) is 54.6 Å². The van der Waals surface area contributed by atoms with E-state index in [9.17, 15) is 9.59 Å². The molecule has 28 heavy (non-hydrogen) atoms. The van der Waals surface area contributed by atoms with Crippen molar-refractivity contribution >= 4 is 51.4 Å². The summed E-state index contributed by atoms with van der Waals surface area (Å²) in [5.41, 5.74) is 0.507. The Labute approximate surface area is 182 Å². The third-order valence-corrected chi connectivity index (χ3v) is 7.19. The van der Waals surface area contributed by atoms with E-state index in [-0.39, 0.29) is 17.9 Å². The molecule has 0 saturated carbocycles. The fourth-order valence-corrected chi connectivity index (χ4v) is 5.24. The Kier molecular flexibility index (Phi) is 5.45. The van der Waals surface area contributed by atoms with Gasteiger partial charge in [-0.25, -0.2) is 4.98 Å². The molecular formula is C20H23IN4O2S. The molecule has 1 aromatic carbocycles. The number of piperazine rings is 1. The van der Waals surface area contributed by atoms with Crippen molar-refractivity contribution in [3.8, 4) is 0 Å². The smallest absolute Gasteiger partial charge is 0.282 e. The Balaban J connectivity index is 1.46. The van der Waals surface area contributed by atoms with E-state index in [0.29, 0.717) is 24.6 Å². The molecular weight excluding hydrogens is 487 g/mol. The van der Waals surface area contributed by atoms with Crippen LogP contribution in [0.3, 0.4) is 0 Å². The number of rotatable bonds is 3. The monoisotopic (exact) mass is 510 g/mol. The molecule has 2 fully saturated rings. The quantitative estimate of drug-likeness (QED) is 0.597. The van der Waals surface area contributed by atoms with Gasteiger partial charge in [0.15, 0.2) is 5.01 Å². The molecule has 8 heteroatoms. The molecule has 0 N–H and O–H groups in total. The van der Waals surface area contributed by atoms with Gasteiger partial charge in [0, 0.05) is 59.6 Å². The van der Waals surface area contributed by atoms with Crippen LogP contribution in [0, 0.1) is 8.99 Å². The number of anilines is 1. The molecule has 0 radical (unpaired) electrons. The van der Waals surface area contributed by atoms with Gasteiger partial charge in [-0.15, -0.1) is 11.3 Å². The summed E-state index contributed by atoms with van der Waals surface area (Å²) in [6.45, 7) is 7.66. The molecule has 2 aromatic rings. The van der Waals surface area contributed by atoms with Gasteiger partial charge in [0.2, 0.25) is 5.91 Å². The number of benzene rings is 1. The van der Waals surface area contributed by atoms with Crippen LogP contribution in [0.1, 0.15) is 23.6 Å². The Morgan fingerprint density at radius 1 is 1.25 bits per heavy atom. The first-order valence-electron chi connectivity index (χ1n) is 9.38. The summed E-state index contributed by atoms with van der Waals surface area (Å²) in [6.07, 6.45) is 1.67. The Hall–Kier alpha value is -1.52. The third kappa shape index (κ3) is 3.57. The van der Waals surface area contributed by atoms with Crippen LogP contribution in [0.25, 0.3) is 0 Å². The lowest BCUT2D eigenvalue weighted by Crippen LogP contribution is -2.55. The Morgan fingerprint density at radius 2 is 2.00 bits per heavy atom. The highest BCUT2D eigenvalue weighted by molar-refractivity contribution is 14.1. The van der Waals surface area contributed by atoms with Crippen molar-refractivity contribution in [2.75, 3.05) is 37.6 Å². The average molecular weight is 510 g/mol.